The van der Waals surface area contributed by atoms with Gasteiger partial charge in [0.25, 0.3) is 5.91 Å². The average Bonchev–Trinajstić information content (AvgIpc) is 3.60. The van der Waals surface area contributed by atoms with Crippen molar-refractivity contribution >= 4 is 41.0 Å². The predicted molar refractivity (Wildman–Crippen MR) is 202 cm³/mol. The molecule has 0 aliphatic rings. The molecule has 3 N–H and O–H groups in total. The lowest BCUT2D eigenvalue weighted by atomic mass is 9.95. The van der Waals surface area contributed by atoms with Crippen molar-refractivity contribution in [3.63, 3.8) is 0 Å². The van der Waals surface area contributed by atoms with E-state index in [4.69, 9.17) is 9.47 Å². The Kier molecular flexibility index (Phi) is 16.0. The second-order valence-corrected chi connectivity index (χ2v) is 15.5. The van der Waals surface area contributed by atoms with Crippen LogP contribution in [0, 0.1) is 17.8 Å². The van der Waals surface area contributed by atoms with Crippen molar-refractivity contribution in [1.29, 1.82) is 0 Å². The lowest BCUT2D eigenvalue weighted by molar-refractivity contribution is -0.149. The number of rotatable bonds is 18. The fraction of sp³-hybridized carbons (Fsp3) is 0.500. The van der Waals surface area contributed by atoms with Crippen molar-refractivity contribution < 1.29 is 33.4 Å². The first-order valence-electron chi connectivity index (χ1n) is 17.9. The van der Waals surface area contributed by atoms with Crippen LogP contribution in [0.3, 0.4) is 0 Å². The lowest BCUT2D eigenvalue weighted by Gasteiger charge is -2.29. The van der Waals surface area contributed by atoms with Crippen LogP contribution in [0.25, 0.3) is 0 Å². The molecule has 0 saturated heterocycles. The smallest absolute Gasteiger partial charge is 0.408 e. The highest BCUT2D eigenvalue weighted by Crippen LogP contribution is 2.19. The van der Waals surface area contributed by atoms with Crippen molar-refractivity contribution in [2.75, 3.05) is 0 Å². The number of amides is 3. The van der Waals surface area contributed by atoms with Crippen molar-refractivity contribution in [3.05, 3.63) is 87.9 Å². The van der Waals surface area contributed by atoms with Crippen molar-refractivity contribution in [1.82, 2.24) is 20.9 Å². The van der Waals surface area contributed by atoms with Crippen LogP contribution in [0.1, 0.15) is 106 Å². The summed E-state index contributed by atoms with van der Waals surface area (Å²) in [6.45, 7) is 14.8. The zero-order chi connectivity index (χ0) is 38.4. The van der Waals surface area contributed by atoms with Gasteiger partial charge in [0.1, 0.15) is 23.9 Å². The molecule has 282 valence electrons. The minimum Gasteiger partial charge on any atom is -0.461 e. The molecule has 2 aromatic carbocycles. The first kappa shape index (κ1) is 41.8. The fourth-order valence-corrected chi connectivity index (χ4v) is 6.15. The zero-order valence-corrected chi connectivity index (χ0v) is 32.4. The average molecular weight is 735 g/mol. The maximum atomic E-state index is 13.5. The highest BCUT2D eigenvalue weighted by molar-refractivity contribution is 7.12. The topological polar surface area (TPSA) is 153 Å². The van der Waals surface area contributed by atoms with Crippen LogP contribution in [-0.2, 0) is 32.1 Å². The van der Waals surface area contributed by atoms with Gasteiger partial charge in [-0.3, -0.25) is 19.2 Å². The standard InChI is InChI=1S/C40H54N4O7S/c1-9-26(4)34(44-39(49)51-40(6,7)8)36(47)42-31(25(2)3)22-33(45)37-43-32(24-52-37)35(46)41-30(21-28-16-12-10-13-17-28)20-27(5)38(48)50-23-29-18-14-11-15-19-29/h10-19,24-27,30-31,34H,9,20-23H2,1-8H3,(H,41,46)(H,42,47)(H,44,49)/t26-,27-,30+,31+,34-/m0/s1. The van der Waals surface area contributed by atoms with Crippen LogP contribution >= 0.6 is 11.3 Å². The van der Waals surface area contributed by atoms with Crippen molar-refractivity contribution in [2.24, 2.45) is 17.8 Å². The van der Waals surface area contributed by atoms with E-state index in [-0.39, 0.29) is 47.3 Å². The monoisotopic (exact) mass is 734 g/mol. The number of nitrogens with one attached hydrogen (secondary N) is 3. The molecule has 52 heavy (non-hydrogen) atoms. The summed E-state index contributed by atoms with van der Waals surface area (Å²) < 4.78 is 10.9. The number of benzene rings is 2. The highest BCUT2D eigenvalue weighted by Gasteiger charge is 2.32. The molecular formula is C40H54N4O7S. The van der Waals surface area contributed by atoms with Gasteiger partial charge in [-0.15, -0.1) is 11.3 Å². The Morgan fingerprint density at radius 1 is 0.846 bits per heavy atom. The molecular weight excluding hydrogens is 681 g/mol. The number of esters is 1. The first-order chi connectivity index (χ1) is 24.6. The van der Waals surface area contributed by atoms with Gasteiger partial charge in [0, 0.05) is 23.9 Å². The number of ketones is 1. The Balaban J connectivity index is 1.67. The molecule has 0 unspecified atom stereocenters. The predicted octanol–water partition coefficient (Wildman–Crippen LogP) is 6.91. The van der Waals surface area contributed by atoms with Gasteiger partial charge in [0.15, 0.2) is 10.8 Å². The second kappa shape index (κ2) is 19.9. The molecule has 1 aromatic heterocycles. The van der Waals surface area contributed by atoms with Gasteiger partial charge >= 0.3 is 12.1 Å². The summed E-state index contributed by atoms with van der Waals surface area (Å²) in [5, 5.41) is 10.3. The Hall–Kier alpha value is -4.58. The molecule has 0 aliphatic carbocycles. The van der Waals surface area contributed by atoms with Gasteiger partial charge in [-0.25, -0.2) is 9.78 Å². The summed E-state index contributed by atoms with van der Waals surface area (Å²) >= 11 is 1.06. The highest BCUT2D eigenvalue weighted by atomic mass is 32.1. The number of ether oxygens (including phenoxy) is 2. The molecule has 3 rings (SSSR count). The fourth-order valence-electron chi connectivity index (χ4n) is 5.40. The number of aromatic nitrogens is 1. The number of hydrogen-bond acceptors (Lipinski definition) is 9. The van der Waals surface area contributed by atoms with Crippen molar-refractivity contribution in [2.45, 2.75) is 111 Å². The van der Waals surface area contributed by atoms with E-state index in [1.807, 2.05) is 88.4 Å². The number of nitrogens with zero attached hydrogens (tertiary/aromatic N) is 1. The van der Waals surface area contributed by atoms with Crippen LogP contribution in [-0.4, -0.2) is 58.4 Å². The molecule has 0 fully saturated rings. The van der Waals surface area contributed by atoms with E-state index in [1.165, 1.54) is 5.38 Å². The lowest BCUT2D eigenvalue weighted by Crippen LogP contribution is -2.54. The molecule has 0 saturated carbocycles. The van der Waals surface area contributed by atoms with Gasteiger partial charge in [-0.2, -0.15) is 0 Å². The number of hydrogen-bond donors (Lipinski definition) is 3. The third kappa shape index (κ3) is 13.9. The number of alkyl carbamates (subject to hydrolysis) is 1. The minimum absolute atomic E-state index is 0.0448. The molecule has 12 heteroatoms. The Morgan fingerprint density at radius 3 is 2.04 bits per heavy atom. The van der Waals surface area contributed by atoms with E-state index in [9.17, 15) is 24.0 Å². The third-order valence-electron chi connectivity index (χ3n) is 8.61. The molecule has 0 spiro atoms. The van der Waals surface area contributed by atoms with E-state index < -0.39 is 47.6 Å². The summed E-state index contributed by atoms with van der Waals surface area (Å²) in [6.07, 6.45) is 0.709. The summed E-state index contributed by atoms with van der Waals surface area (Å²) in [6, 6.07) is 17.3. The molecule has 5 atom stereocenters. The normalized spacial score (nSPS) is 14.3. The van der Waals surface area contributed by atoms with Gasteiger partial charge in [-0.1, -0.05) is 102 Å². The van der Waals surface area contributed by atoms with Gasteiger partial charge in [-0.05, 0) is 56.6 Å². The summed E-state index contributed by atoms with van der Waals surface area (Å²) in [5.41, 5.74) is 1.24. The number of carbonyl (C=O) groups excluding carboxylic acids is 5. The van der Waals surface area contributed by atoms with E-state index in [2.05, 4.69) is 20.9 Å². The minimum atomic E-state index is -0.858. The quantitative estimate of drug-likeness (QED) is 0.0942. The number of thiazole rings is 1. The van der Waals surface area contributed by atoms with E-state index in [1.54, 1.807) is 27.7 Å². The number of carbonyl (C=O) groups is 5. The van der Waals surface area contributed by atoms with Crippen LogP contribution in [0.4, 0.5) is 4.79 Å². The van der Waals surface area contributed by atoms with Crippen LogP contribution in [0.2, 0.25) is 0 Å². The first-order valence-corrected chi connectivity index (χ1v) is 18.8. The van der Waals surface area contributed by atoms with Crippen LogP contribution in [0.5, 0.6) is 0 Å². The molecule has 11 nitrogen and oxygen atoms in total. The number of Topliss-reactive ketones (excluding diaryl/α,β-unsaturated/α-hetero) is 1. The summed E-state index contributed by atoms with van der Waals surface area (Å²) in [4.78, 5) is 70.1. The zero-order valence-electron chi connectivity index (χ0n) is 31.6. The van der Waals surface area contributed by atoms with Crippen LogP contribution < -0.4 is 16.0 Å². The largest absolute Gasteiger partial charge is 0.461 e. The Morgan fingerprint density at radius 2 is 1.46 bits per heavy atom. The maximum absolute atomic E-state index is 13.5. The van der Waals surface area contributed by atoms with Crippen molar-refractivity contribution in [3.8, 4) is 0 Å². The Labute approximate surface area is 311 Å². The molecule has 1 heterocycles. The SMILES string of the molecule is CC[C@H](C)[C@H](NC(=O)OC(C)(C)C)C(=O)N[C@H](CC(=O)c1nc(C(=O)N[C@@H](Cc2ccccc2)C[C@H](C)C(=O)OCc2ccccc2)cs1)C(C)C. The van der Waals surface area contributed by atoms with E-state index in [0.717, 1.165) is 22.5 Å². The van der Waals surface area contributed by atoms with Gasteiger partial charge < -0.3 is 25.4 Å². The molecule has 0 bridgehead atoms. The van der Waals surface area contributed by atoms with Crippen LogP contribution in [0.15, 0.2) is 66.0 Å². The Bertz CT molecular complexity index is 1620. The van der Waals surface area contributed by atoms with E-state index >= 15 is 0 Å². The molecule has 3 aromatic rings. The second-order valence-electron chi connectivity index (χ2n) is 14.6. The van der Waals surface area contributed by atoms with E-state index in [0.29, 0.717) is 19.3 Å². The summed E-state index contributed by atoms with van der Waals surface area (Å²) in [5.74, 6) is -2.35. The van der Waals surface area contributed by atoms with Gasteiger partial charge in [0.2, 0.25) is 5.91 Å². The molecule has 0 radical (unpaired) electrons. The molecule has 3 amide bonds. The molecule has 0 aliphatic heterocycles. The maximum Gasteiger partial charge on any atom is 0.408 e. The third-order valence-corrected chi connectivity index (χ3v) is 9.49. The summed E-state index contributed by atoms with van der Waals surface area (Å²) in [7, 11) is 0. The van der Waals surface area contributed by atoms with Gasteiger partial charge in [0.05, 0.1) is 5.92 Å².